The fraction of sp³-hybridized carbons (Fsp3) is 0.722. The highest BCUT2D eigenvalue weighted by Crippen LogP contribution is 2.19. The van der Waals surface area contributed by atoms with E-state index >= 15 is 0 Å². The molecule has 0 aliphatic carbocycles. The van der Waals surface area contributed by atoms with Gasteiger partial charge in [0.1, 0.15) is 5.76 Å². The molecule has 0 aromatic carbocycles. The zero-order chi connectivity index (χ0) is 18.2. The van der Waals surface area contributed by atoms with Gasteiger partial charge in [0.2, 0.25) is 0 Å². The third-order valence-corrected chi connectivity index (χ3v) is 4.55. The number of nitrogens with one attached hydrogen (secondary N) is 1. The number of nitrogens with zero attached hydrogens (tertiary/aromatic N) is 3. The van der Waals surface area contributed by atoms with Gasteiger partial charge in [0.15, 0.2) is 5.96 Å². The van der Waals surface area contributed by atoms with Crippen LogP contribution in [0.25, 0.3) is 0 Å². The Morgan fingerprint density at radius 3 is 2.64 bits per heavy atom. The highest BCUT2D eigenvalue weighted by Gasteiger charge is 2.27. The summed E-state index contributed by atoms with van der Waals surface area (Å²) < 4.78 is 10.3. The third-order valence-electron chi connectivity index (χ3n) is 4.55. The summed E-state index contributed by atoms with van der Waals surface area (Å²) >= 11 is 0. The summed E-state index contributed by atoms with van der Waals surface area (Å²) in [6.45, 7) is 11.4. The minimum atomic E-state index is -0.0671. The van der Waals surface area contributed by atoms with Crippen molar-refractivity contribution >= 4 is 11.9 Å². The number of hydrogen-bond donors (Lipinski definition) is 1. The molecule has 2 rings (SSSR count). The van der Waals surface area contributed by atoms with E-state index in [1.807, 2.05) is 20.8 Å². The lowest BCUT2D eigenvalue weighted by Crippen LogP contribution is -2.46. The van der Waals surface area contributed by atoms with Gasteiger partial charge in [0.25, 0.3) is 0 Å². The molecule has 0 spiro atoms. The Morgan fingerprint density at radius 2 is 2.08 bits per heavy atom. The van der Waals surface area contributed by atoms with Crippen molar-refractivity contribution in [3.8, 4) is 0 Å². The van der Waals surface area contributed by atoms with Crippen LogP contribution in [-0.4, -0.2) is 54.8 Å². The summed E-state index contributed by atoms with van der Waals surface area (Å²) in [5, 5.41) is 7.34. The molecule has 1 aromatic heterocycles. The van der Waals surface area contributed by atoms with E-state index in [9.17, 15) is 4.79 Å². The Hall–Kier alpha value is -2.05. The van der Waals surface area contributed by atoms with Crippen molar-refractivity contribution in [2.24, 2.45) is 10.9 Å². The quantitative estimate of drug-likeness (QED) is 0.481. The minimum Gasteiger partial charge on any atom is -0.466 e. The number of carbonyl (C=O) groups excluding carboxylic acids is 1. The van der Waals surface area contributed by atoms with Crippen LogP contribution in [0.15, 0.2) is 9.52 Å². The summed E-state index contributed by atoms with van der Waals surface area (Å²) in [6.07, 6.45) is 2.44. The second kappa shape index (κ2) is 9.44. The number of rotatable bonds is 6. The molecule has 1 aliphatic heterocycles. The predicted molar refractivity (Wildman–Crippen MR) is 96.6 cm³/mol. The first-order chi connectivity index (χ1) is 12.1. The maximum atomic E-state index is 11.9. The molecule has 0 radical (unpaired) electrons. The van der Waals surface area contributed by atoms with Crippen LogP contribution in [0.3, 0.4) is 0 Å². The van der Waals surface area contributed by atoms with Gasteiger partial charge in [-0.3, -0.25) is 9.79 Å². The van der Waals surface area contributed by atoms with Crippen molar-refractivity contribution in [3.05, 3.63) is 17.0 Å². The SMILES string of the molecule is CCNC(=NCCc1c(C)noc1C)N1CCC(C(=O)OCC)CC1. The average molecular weight is 350 g/mol. The second-order valence-corrected chi connectivity index (χ2v) is 6.30. The van der Waals surface area contributed by atoms with E-state index in [1.165, 1.54) is 0 Å². The number of likely N-dealkylation sites (tertiary alicyclic amines) is 1. The van der Waals surface area contributed by atoms with Crippen LogP contribution in [-0.2, 0) is 16.0 Å². The molecule has 0 bridgehead atoms. The summed E-state index contributed by atoms with van der Waals surface area (Å²) in [4.78, 5) is 18.8. The normalized spacial score (nSPS) is 16.2. The molecule has 0 atom stereocenters. The molecule has 2 heterocycles. The molecule has 1 aromatic rings. The third kappa shape index (κ3) is 5.21. The maximum absolute atomic E-state index is 11.9. The number of guanidine groups is 1. The van der Waals surface area contributed by atoms with Gasteiger partial charge in [-0.15, -0.1) is 0 Å². The topological polar surface area (TPSA) is 80.0 Å². The number of esters is 1. The van der Waals surface area contributed by atoms with Gasteiger partial charge < -0.3 is 19.5 Å². The monoisotopic (exact) mass is 350 g/mol. The first-order valence-corrected chi connectivity index (χ1v) is 9.18. The second-order valence-electron chi connectivity index (χ2n) is 6.30. The van der Waals surface area contributed by atoms with Crippen LogP contribution in [0.1, 0.15) is 43.7 Å². The summed E-state index contributed by atoms with van der Waals surface area (Å²) in [7, 11) is 0. The smallest absolute Gasteiger partial charge is 0.309 e. The fourth-order valence-corrected chi connectivity index (χ4v) is 3.15. The summed E-state index contributed by atoms with van der Waals surface area (Å²) in [6, 6.07) is 0. The van der Waals surface area contributed by atoms with Crippen LogP contribution in [0.4, 0.5) is 0 Å². The number of ether oxygens (including phenoxy) is 1. The Kier molecular flexibility index (Phi) is 7.28. The number of aryl methyl sites for hydroxylation is 2. The highest BCUT2D eigenvalue weighted by molar-refractivity contribution is 5.80. The lowest BCUT2D eigenvalue weighted by molar-refractivity contribution is -0.149. The molecule has 7 heteroatoms. The van der Waals surface area contributed by atoms with E-state index in [0.717, 1.165) is 61.9 Å². The number of hydrogen-bond acceptors (Lipinski definition) is 5. The molecular formula is C18H30N4O3. The summed E-state index contributed by atoms with van der Waals surface area (Å²) in [5.41, 5.74) is 2.08. The van der Waals surface area contributed by atoms with Crippen molar-refractivity contribution in [1.29, 1.82) is 0 Å². The lowest BCUT2D eigenvalue weighted by Gasteiger charge is -2.33. The van der Waals surface area contributed by atoms with E-state index in [4.69, 9.17) is 14.3 Å². The van der Waals surface area contributed by atoms with Gasteiger partial charge in [-0.2, -0.15) is 0 Å². The van der Waals surface area contributed by atoms with E-state index in [1.54, 1.807) is 0 Å². The first-order valence-electron chi connectivity index (χ1n) is 9.18. The molecule has 0 saturated carbocycles. The Morgan fingerprint density at radius 1 is 1.36 bits per heavy atom. The predicted octanol–water partition coefficient (Wildman–Crippen LogP) is 2.07. The molecule has 1 aliphatic rings. The molecule has 1 saturated heterocycles. The number of carbonyl (C=O) groups is 1. The molecule has 0 unspecified atom stereocenters. The van der Waals surface area contributed by atoms with Gasteiger partial charge in [-0.25, -0.2) is 0 Å². The van der Waals surface area contributed by atoms with Gasteiger partial charge in [-0.1, -0.05) is 5.16 Å². The summed E-state index contributed by atoms with van der Waals surface area (Å²) in [5.74, 6) is 1.73. The van der Waals surface area contributed by atoms with Crippen LogP contribution in [0.2, 0.25) is 0 Å². The lowest BCUT2D eigenvalue weighted by atomic mass is 9.97. The zero-order valence-corrected chi connectivity index (χ0v) is 15.8. The molecule has 25 heavy (non-hydrogen) atoms. The van der Waals surface area contributed by atoms with E-state index in [2.05, 4.69) is 22.3 Å². The van der Waals surface area contributed by atoms with Gasteiger partial charge in [0.05, 0.1) is 18.2 Å². The van der Waals surface area contributed by atoms with Crippen LogP contribution < -0.4 is 5.32 Å². The molecular weight excluding hydrogens is 320 g/mol. The Balaban J connectivity index is 1.91. The van der Waals surface area contributed by atoms with Crippen LogP contribution in [0, 0.1) is 19.8 Å². The Bertz CT molecular complexity index is 570. The largest absolute Gasteiger partial charge is 0.466 e. The Labute approximate surface area is 149 Å². The molecule has 7 nitrogen and oxygen atoms in total. The van der Waals surface area contributed by atoms with Gasteiger partial charge in [-0.05, 0) is 47.0 Å². The van der Waals surface area contributed by atoms with Crippen molar-refractivity contribution in [3.63, 3.8) is 0 Å². The van der Waals surface area contributed by atoms with Gasteiger partial charge >= 0.3 is 5.97 Å². The molecule has 0 amide bonds. The van der Waals surface area contributed by atoms with E-state index < -0.39 is 0 Å². The zero-order valence-electron chi connectivity index (χ0n) is 15.8. The first kappa shape index (κ1) is 19.3. The van der Waals surface area contributed by atoms with Crippen molar-refractivity contribution < 1.29 is 14.1 Å². The minimum absolute atomic E-state index is 0.0152. The average Bonchev–Trinajstić information content (AvgIpc) is 2.93. The van der Waals surface area contributed by atoms with Crippen molar-refractivity contribution in [1.82, 2.24) is 15.4 Å². The molecule has 1 N–H and O–H groups in total. The van der Waals surface area contributed by atoms with Crippen molar-refractivity contribution in [2.75, 3.05) is 32.8 Å². The van der Waals surface area contributed by atoms with Gasteiger partial charge in [0, 0.05) is 31.7 Å². The van der Waals surface area contributed by atoms with Crippen molar-refractivity contribution in [2.45, 2.75) is 47.0 Å². The number of aromatic nitrogens is 1. The van der Waals surface area contributed by atoms with E-state index in [-0.39, 0.29) is 11.9 Å². The number of aliphatic imine (C=N–C) groups is 1. The maximum Gasteiger partial charge on any atom is 0.309 e. The molecule has 140 valence electrons. The fourth-order valence-electron chi connectivity index (χ4n) is 3.15. The van der Waals surface area contributed by atoms with Crippen LogP contribution in [0.5, 0.6) is 0 Å². The number of piperidine rings is 1. The van der Waals surface area contributed by atoms with E-state index in [0.29, 0.717) is 13.2 Å². The van der Waals surface area contributed by atoms with Crippen LogP contribution >= 0.6 is 0 Å². The highest BCUT2D eigenvalue weighted by atomic mass is 16.5. The molecule has 1 fully saturated rings. The standard InChI is InChI=1S/C18H30N4O3/c1-5-19-18(20-10-7-16-13(3)21-25-14(16)4)22-11-8-15(9-12-22)17(23)24-6-2/h15H,5-12H2,1-4H3,(H,19,20).